The van der Waals surface area contributed by atoms with Crippen LogP contribution in [0, 0.1) is 6.92 Å². The number of anilines is 1. The summed E-state index contributed by atoms with van der Waals surface area (Å²) in [5, 5.41) is 3.35. The van der Waals surface area contributed by atoms with Crippen molar-refractivity contribution in [1.29, 1.82) is 0 Å². The molecule has 0 unspecified atom stereocenters. The summed E-state index contributed by atoms with van der Waals surface area (Å²) >= 11 is 0. The Kier molecular flexibility index (Phi) is 6.13. The van der Waals surface area contributed by atoms with E-state index in [2.05, 4.69) is 57.0 Å². The molecule has 3 heteroatoms. The molecule has 0 aliphatic rings. The monoisotopic (exact) mass is 249 g/mol. The van der Waals surface area contributed by atoms with Crippen molar-refractivity contribution in [2.75, 3.05) is 18.0 Å². The van der Waals surface area contributed by atoms with E-state index in [0.717, 1.165) is 37.6 Å². The molecule has 3 nitrogen and oxygen atoms in total. The molecule has 18 heavy (non-hydrogen) atoms. The predicted molar refractivity (Wildman–Crippen MR) is 79.1 cm³/mol. The van der Waals surface area contributed by atoms with Gasteiger partial charge in [0.1, 0.15) is 5.82 Å². The van der Waals surface area contributed by atoms with Gasteiger partial charge in [-0.1, -0.05) is 19.9 Å². The summed E-state index contributed by atoms with van der Waals surface area (Å²) in [6, 6.07) is 4.84. The van der Waals surface area contributed by atoms with E-state index in [1.54, 1.807) is 0 Å². The van der Waals surface area contributed by atoms with Gasteiger partial charge >= 0.3 is 0 Å². The molecule has 0 saturated carbocycles. The van der Waals surface area contributed by atoms with Crippen LogP contribution in [0.1, 0.15) is 45.4 Å². The third kappa shape index (κ3) is 3.98. The second kappa shape index (κ2) is 7.37. The molecule has 1 rings (SSSR count). The number of nitrogens with zero attached hydrogens (tertiary/aromatic N) is 2. The Hall–Kier alpha value is -1.09. The zero-order valence-electron chi connectivity index (χ0n) is 12.5. The smallest absolute Gasteiger partial charge is 0.129 e. The number of hydrogen-bond acceptors (Lipinski definition) is 3. The van der Waals surface area contributed by atoms with E-state index in [-0.39, 0.29) is 0 Å². The molecule has 102 valence electrons. The summed E-state index contributed by atoms with van der Waals surface area (Å²) in [5.74, 6) is 1.10. The third-order valence-corrected chi connectivity index (χ3v) is 3.13. The second-order valence-electron chi connectivity index (χ2n) is 4.98. The highest BCUT2D eigenvalue weighted by atomic mass is 15.2. The first-order chi connectivity index (χ1) is 8.60. The quantitative estimate of drug-likeness (QED) is 0.804. The van der Waals surface area contributed by atoms with E-state index in [0.29, 0.717) is 6.04 Å². The molecule has 0 aliphatic carbocycles. The van der Waals surface area contributed by atoms with Gasteiger partial charge in [0.2, 0.25) is 0 Å². The zero-order valence-corrected chi connectivity index (χ0v) is 12.5. The SMILES string of the molecule is CCCN(c1ccc(CNCC)c(C)n1)C(C)C. The maximum Gasteiger partial charge on any atom is 0.129 e. The minimum Gasteiger partial charge on any atom is -0.354 e. The number of hydrogen-bond donors (Lipinski definition) is 1. The number of pyridine rings is 1. The number of aryl methyl sites for hydroxylation is 1. The average molecular weight is 249 g/mol. The highest BCUT2D eigenvalue weighted by molar-refractivity contribution is 5.42. The summed E-state index contributed by atoms with van der Waals surface area (Å²) in [5.41, 5.74) is 2.43. The number of aromatic nitrogens is 1. The Morgan fingerprint density at radius 1 is 1.28 bits per heavy atom. The normalized spacial score (nSPS) is 11.0. The molecule has 0 bridgehead atoms. The molecule has 0 radical (unpaired) electrons. The van der Waals surface area contributed by atoms with Crippen LogP contribution in [-0.4, -0.2) is 24.1 Å². The van der Waals surface area contributed by atoms with Crippen molar-refractivity contribution in [1.82, 2.24) is 10.3 Å². The minimum absolute atomic E-state index is 0.497. The lowest BCUT2D eigenvalue weighted by molar-refractivity contribution is 0.659. The van der Waals surface area contributed by atoms with Gasteiger partial charge in [0.05, 0.1) is 0 Å². The van der Waals surface area contributed by atoms with E-state index >= 15 is 0 Å². The van der Waals surface area contributed by atoms with Gasteiger partial charge in [0.25, 0.3) is 0 Å². The first-order valence-corrected chi connectivity index (χ1v) is 7.04. The van der Waals surface area contributed by atoms with Crippen molar-refractivity contribution < 1.29 is 0 Å². The summed E-state index contributed by atoms with van der Waals surface area (Å²) in [6.45, 7) is 13.8. The van der Waals surface area contributed by atoms with E-state index in [1.807, 2.05) is 0 Å². The number of rotatable bonds is 7. The van der Waals surface area contributed by atoms with Gasteiger partial charge in [-0.25, -0.2) is 4.98 Å². The fourth-order valence-electron chi connectivity index (χ4n) is 2.06. The van der Waals surface area contributed by atoms with Gasteiger partial charge in [-0.3, -0.25) is 0 Å². The fraction of sp³-hybridized carbons (Fsp3) is 0.667. The molecular formula is C15H27N3. The summed E-state index contributed by atoms with van der Waals surface area (Å²) in [4.78, 5) is 7.12. The summed E-state index contributed by atoms with van der Waals surface area (Å²) in [6.07, 6.45) is 1.15. The third-order valence-electron chi connectivity index (χ3n) is 3.13. The van der Waals surface area contributed by atoms with Crippen LogP contribution in [0.5, 0.6) is 0 Å². The van der Waals surface area contributed by atoms with Crippen molar-refractivity contribution >= 4 is 5.82 Å². The topological polar surface area (TPSA) is 28.2 Å². The average Bonchev–Trinajstić information content (AvgIpc) is 2.34. The maximum atomic E-state index is 4.75. The Bertz CT molecular complexity index is 361. The molecule has 1 aromatic heterocycles. The van der Waals surface area contributed by atoms with Crippen molar-refractivity contribution in [3.05, 3.63) is 23.4 Å². The molecule has 0 atom stereocenters. The van der Waals surface area contributed by atoms with Crippen LogP contribution in [0.4, 0.5) is 5.82 Å². The van der Waals surface area contributed by atoms with E-state index in [9.17, 15) is 0 Å². The lowest BCUT2D eigenvalue weighted by Gasteiger charge is -2.28. The number of nitrogens with one attached hydrogen (secondary N) is 1. The van der Waals surface area contributed by atoms with E-state index < -0.39 is 0 Å². The summed E-state index contributed by atoms with van der Waals surface area (Å²) in [7, 11) is 0. The fourth-order valence-corrected chi connectivity index (χ4v) is 2.06. The standard InChI is InChI=1S/C15H27N3/c1-6-10-18(12(3)4)15-9-8-14(11-16-7-2)13(5)17-15/h8-9,12,16H,6-7,10-11H2,1-5H3. The molecule has 0 amide bonds. The molecule has 1 N–H and O–H groups in total. The van der Waals surface area contributed by atoms with E-state index in [4.69, 9.17) is 4.98 Å². The van der Waals surface area contributed by atoms with Gasteiger partial charge in [0.15, 0.2) is 0 Å². The maximum absolute atomic E-state index is 4.75. The van der Waals surface area contributed by atoms with Crippen LogP contribution in [0.2, 0.25) is 0 Å². The Morgan fingerprint density at radius 3 is 2.50 bits per heavy atom. The summed E-state index contributed by atoms with van der Waals surface area (Å²) < 4.78 is 0. The van der Waals surface area contributed by atoms with Crippen molar-refractivity contribution in [2.24, 2.45) is 0 Å². The van der Waals surface area contributed by atoms with Gasteiger partial charge < -0.3 is 10.2 Å². The van der Waals surface area contributed by atoms with Crippen molar-refractivity contribution in [3.8, 4) is 0 Å². The van der Waals surface area contributed by atoms with E-state index in [1.165, 1.54) is 5.56 Å². The van der Waals surface area contributed by atoms with Crippen molar-refractivity contribution in [3.63, 3.8) is 0 Å². The zero-order chi connectivity index (χ0) is 13.5. The predicted octanol–water partition coefficient (Wildman–Crippen LogP) is 3.12. The lowest BCUT2D eigenvalue weighted by atomic mass is 10.2. The Balaban J connectivity index is 2.87. The van der Waals surface area contributed by atoms with Gasteiger partial charge in [0, 0.05) is 24.8 Å². The molecule has 0 spiro atoms. The van der Waals surface area contributed by atoms with Crippen LogP contribution in [0.15, 0.2) is 12.1 Å². The molecule has 0 aromatic carbocycles. The molecular weight excluding hydrogens is 222 g/mol. The molecule has 0 saturated heterocycles. The molecule has 1 aromatic rings. The van der Waals surface area contributed by atoms with Crippen molar-refractivity contribution in [2.45, 2.75) is 53.6 Å². The van der Waals surface area contributed by atoms with Crippen LogP contribution in [-0.2, 0) is 6.54 Å². The minimum atomic E-state index is 0.497. The van der Waals surface area contributed by atoms with Crippen LogP contribution >= 0.6 is 0 Å². The highest BCUT2D eigenvalue weighted by Crippen LogP contribution is 2.17. The molecule has 1 heterocycles. The molecule has 0 fully saturated rings. The van der Waals surface area contributed by atoms with Crippen LogP contribution < -0.4 is 10.2 Å². The highest BCUT2D eigenvalue weighted by Gasteiger charge is 2.11. The lowest BCUT2D eigenvalue weighted by Crippen LogP contribution is -2.32. The second-order valence-corrected chi connectivity index (χ2v) is 4.98. The van der Waals surface area contributed by atoms with Gasteiger partial charge in [-0.2, -0.15) is 0 Å². The van der Waals surface area contributed by atoms with Gasteiger partial charge in [-0.15, -0.1) is 0 Å². The van der Waals surface area contributed by atoms with Gasteiger partial charge in [-0.05, 0) is 45.4 Å². The first kappa shape index (κ1) is 15.0. The van der Waals surface area contributed by atoms with Crippen LogP contribution in [0.25, 0.3) is 0 Å². The molecule has 0 aliphatic heterocycles. The first-order valence-electron chi connectivity index (χ1n) is 7.04. The Morgan fingerprint density at radius 2 is 2.00 bits per heavy atom. The Labute approximate surface area is 112 Å². The largest absolute Gasteiger partial charge is 0.354 e. The van der Waals surface area contributed by atoms with Crippen LogP contribution in [0.3, 0.4) is 0 Å².